The summed E-state index contributed by atoms with van der Waals surface area (Å²) in [5.41, 5.74) is 2.32. The predicted molar refractivity (Wildman–Crippen MR) is 146 cm³/mol. The van der Waals surface area contributed by atoms with E-state index in [0.717, 1.165) is 0 Å². The summed E-state index contributed by atoms with van der Waals surface area (Å²) in [6, 6.07) is 30.8. The van der Waals surface area contributed by atoms with E-state index < -0.39 is 11.8 Å². The highest BCUT2D eigenvalue weighted by molar-refractivity contribution is 6.10. The van der Waals surface area contributed by atoms with Crippen molar-refractivity contribution in [2.24, 2.45) is 0 Å². The quantitative estimate of drug-likeness (QED) is 0.253. The highest BCUT2D eigenvalue weighted by Gasteiger charge is 2.16. The van der Waals surface area contributed by atoms with Crippen LogP contribution in [0.3, 0.4) is 0 Å². The zero-order chi connectivity index (χ0) is 26.7. The van der Waals surface area contributed by atoms with Crippen LogP contribution in [0.4, 0.5) is 11.4 Å². The van der Waals surface area contributed by atoms with Gasteiger partial charge < -0.3 is 21.3 Å². The summed E-state index contributed by atoms with van der Waals surface area (Å²) in [6.45, 7) is 0.314. The zero-order valence-corrected chi connectivity index (χ0v) is 20.4. The van der Waals surface area contributed by atoms with Crippen LogP contribution in [-0.4, -0.2) is 36.7 Å². The Morgan fingerprint density at radius 1 is 0.421 bits per heavy atom. The van der Waals surface area contributed by atoms with Crippen LogP contribution < -0.4 is 21.3 Å². The number of para-hydroxylation sites is 2. The van der Waals surface area contributed by atoms with E-state index in [4.69, 9.17) is 0 Å². The molecule has 4 aromatic rings. The lowest BCUT2D eigenvalue weighted by Crippen LogP contribution is -2.35. The largest absolute Gasteiger partial charge is 0.350 e. The van der Waals surface area contributed by atoms with Crippen molar-refractivity contribution in [3.63, 3.8) is 0 Å². The summed E-state index contributed by atoms with van der Waals surface area (Å²) < 4.78 is 0. The second kappa shape index (κ2) is 12.6. The summed E-state index contributed by atoms with van der Waals surface area (Å²) >= 11 is 0. The monoisotopic (exact) mass is 506 g/mol. The number of benzene rings is 4. The number of hydrogen-bond acceptors (Lipinski definition) is 4. The van der Waals surface area contributed by atoms with Gasteiger partial charge in [-0.1, -0.05) is 60.7 Å². The third-order valence-electron chi connectivity index (χ3n) is 5.61. The number of carbonyl (C=O) groups excluding carboxylic acids is 4. The SMILES string of the molecule is O=C(Nc1ccccc1C(=O)NCCNC(=O)c1ccccc1NC(=O)c1ccccc1)c1ccccc1. The van der Waals surface area contributed by atoms with Gasteiger partial charge in [0, 0.05) is 24.2 Å². The smallest absolute Gasteiger partial charge is 0.255 e. The van der Waals surface area contributed by atoms with Gasteiger partial charge in [-0.25, -0.2) is 0 Å². The van der Waals surface area contributed by atoms with Gasteiger partial charge in [0.15, 0.2) is 0 Å². The maximum absolute atomic E-state index is 12.8. The Morgan fingerprint density at radius 2 is 0.763 bits per heavy atom. The summed E-state index contributed by atoms with van der Waals surface area (Å²) in [6.07, 6.45) is 0. The number of nitrogens with one attached hydrogen (secondary N) is 4. The Labute approximate surface area is 220 Å². The van der Waals surface area contributed by atoms with E-state index in [2.05, 4.69) is 21.3 Å². The average molecular weight is 507 g/mol. The molecule has 4 rings (SSSR count). The fourth-order valence-electron chi connectivity index (χ4n) is 3.69. The lowest BCUT2D eigenvalue weighted by molar-refractivity contribution is 0.0927. The molecule has 0 spiro atoms. The first-order chi connectivity index (χ1) is 18.5. The fraction of sp³-hybridized carbons (Fsp3) is 0.0667. The summed E-state index contributed by atoms with van der Waals surface area (Å²) in [5.74, 6) is -1.43. The molecule has 0 aromatic heterocycles. The third-order valence-corrected chi connectivity index (χ3v) is 5.61. The first-order valence-corrected chi connectivity index (χ1v) is 12.0. The topological polar surface area (TPSA) is 116 Å². The lowest BCUT2D eigenvalue weighted by atomic mass is 10.1. The van der Waals surface area contributed by atoms with Gasteiger partial charge in [0.25, 0.3) is 23.6 Å². The molecule has 8 nitrogen and oxygen atoms in total. The number of amides is 4. The van der Waals surface area contributed by atoms with Gasteiger partial charge in [-0.05, 0) is 48.5 Å². The van der Waals surface area contributed by atoms with Crippen molar-refractivity contribution < 1.29 is 19.2 Å². The van der Waals surface area contributed by atoms with Crippen LogP contribution in [-0.2, 0) is 0 Å². The van der Waals surface area contributed by atoms with Crippen LogP contribution in [0.1, 0.15) is 41.4 Å². The van der Waals surface area contributed by atoms with Gasteiger partial charge in [-0.2, -0.15) is 0 Å². The van der Waals surface area contributed by atoms with E-state index in [1.807, 2.05) is 12.1 Å². The Bertz CT molecular complexity index is 1330. The highest BCUT2D eigenvalue weighted by Crippen LogP contribution is 2.17. The molecule has 190 valence electrons. The highest BCUT2D eigenvalue weighted by atomic mass is 16.2. The number of carbonyl (C=O) groups is 4. The van der Waals surface area contributed by atoms with Crippen molar-refractivity contribution in [1.82, 2.24) is 10.6 Å². The molecule has 0 aliphatic carbocycles. The van der Waals surface area contributed by atoms with Gasteiger partial charge in [-0.15, -0.1) is 0 Å². The standard InChI is InChI=1S/C30H26N4O4/c35-27(21-11-3-1-4-12-21)33-25-17-9-7-15-23(25)29(37)31-19-20-32-30(38)24-16-8-10-18-26(24)34-28(36)22-13-5-2-6-14-22/h1-18H,19-20H2,(H,31,37)(H,32,38)(H,33,35)(H,34,36). The average Bonchev–Trinajstić information content (AvgIpc) is 2.96. The minimum absolute atomic E-state index is 0.157. The van der Waals surface area contributed by atoms with Gasteiger partial charge in [0.05, 0.1) is 22.5 Å². The van der Waals surface area contributed by atoms with Crippen molar-refractivity contribution in [3.8, 4) is 0 Å². The Morgan fingerprint density at radius 3 is 1.16 bits per heavy atom. The number of anilines is 2. The summed E-state index contributed by atoms with van der Waals surface area (Å²) in [5, 5.41) is 11.0. The third kappa shape index (κ3) is 6.70. The van der Waals surface area contributed by atoms with E-state index in [9.17, 15) is 19.2 Å². The maximum Gasteiger partial charge on any atom is 0.255 e. The van der Waals surface area contributed by atoms with E-state index in [1.54, 1.807) is 97.1 Å². The van der Waals surface area contributed by atoms with Crippen molar-refractivity contribution in [2.75, 3.05) is 23.7 Å². The van der Waals surface area contributed by atoms with Crippen LogP contribution >= 0.6 is 0 Å². The molecule has 4 aromatic carbocycles. The molecular weight excluding hydrogens is 480 g/mol. The summed E-state index contributed by atoms with van der Waals surface area (Å²) in [7, 11) is 0. The zero-order valence-electron chi connectivity index (χ0n) is 20.4. The molecule has 4 N–H and O–H groups in total. The number of hydrogen-bond donors (Lipinski definition) is 4. The Kier molecular flexibility index (Phi) is 8.60. The fourth-order valence-corrected chi connectivity index (χ4v) is 3.69. The molecule has 0 bridgehead atoms. The molecule has 4 amide bonds. The maximum atomic E-state index is 12.8. The molecule has 0 saturated heterocycles. The first kappa shape index (κ1) is 25.8. The molecule has 0 saturated carbocycles. The van der Waals surface area contributed by atoms with Gasteiger partial charge in [0.2, 0.25) is 0 Å². The van der Waals surface area contributed by atoms with E-state index >= 15 is 0 Å². The molecule has 0 atom stereocenters. The van der Waals surface area contributed by atoms with Gasteiger partial charge >= 0.3 is 0 Å². The second-order valence-corrected chi connectivity index (χ2v) is 8.24. The molecule has 0 aliphatic heterocycles. The van der Waals surface area contributed by atoms with Crippen molar-refractivity contribution in [2.45, 2.75) is 0 Å². The van der Waals surface area contributed by atoms with Crippen LogP contribution in [0.25, 0.3) is 0 Å². The van der Waals surface area contributed by atoms with Crippen LogP contribution in [0.2, 0.25) is 0 Å². The van der Waals surface area contributed by atoms with Crippen molar-refractivity contribution in [1.29, 1.82) is 0 Å². The lowest BCUT2D eigenvalue weighted by Gasteiger charge is -2.13. The Balaban J connectivity index is 1.31. The number of rotatable bonds is 9. The summed E-state index contributed by atoms with van der Waals surface area (Å²) in [4.78, 5) is 50.6. The molecule has 38 heavy (non-hydrogen) atoms. The molecule has 0 unspecified atom stereocenters. The van der Waals surface area contributed by atoms with Crippen LogP contribution in [0.5, 0.6) is 0 Å². The normalized spacial score (nSPS) is 10.2. The van der Waals surface area contributed by atoms with Crippen molar-refractivity contribution in [3.05, 3.63) is 131 Å². The molecule has 8 heteroatoms. The first-order valence-electron chi connectivity index (χ1n) is 12.0. The molecule has 0 aliphatic rings. The van der Waals surface area contributed by atoms with E-state index in [1.165, 1.54) is 0 Å². The van der Waals surface area contributed by atoms with Crippen LogP contribution in [0, 0.1) is 0 Å². The molecule has 0 radical (unpaired) electrons. The minimum atomic E-state index is -0.390. The van der Waals surface area contributed by atoms with Crippen LogP contribution in [0.15, 0.2) is 109 Å². The second-order valence-electron chi connectivity index (χ2n) is 8.24. The Hall–Kier alpha value is -5.24. The van der Waals surface area contributed by atoms with E-state index in [-0.39, 0.29) is 24.9 Å². The van der Waals surface area contributed by atoms with Gasteiger partial charge in [-0.3, -0.25) is 19.2 Å². The molecular formula is C30H26N4O4. The van der Waals surface area contributed by atoms with E-state index in [0.29, 0.717) is 33.6 Å². The predicted octanol–water partition coefficient (Wildman–Crippen LogP) is 4.35. The minimum Gasteiger partial charge on any atom is -0.350 e. The van der Waals surface area contributed by atoms with Gasteiger partial charge in [0.1, 0.15) is 0 Å². The molecule has 0 heterocycles. The molecule has 0 fully saturated rings. The van der Waals surface area contributed by atoms with Crippen molar-refractivity contribution >= 4 is 35.0 Å².